The van der Waals surface area contributed by atoms with Crippen molar-refractivity contribution in [1.82, 2.24) is 20.0 Å². The summed E-state index contributed by atoms with van der Waals surface area (Å²) >= 11 is 0. The first-order valence-corrected chi connectivity index (χ1v) is 14.5. The lowest BCUT2D eigenvalue weighted by Crippen LogP contribution is -2.44. The van der Waals surface area contributed by atoms with Gasteiger partial charge in [-0.2, -0.15) is 5.10 Å². The molecule has 1 aromatic carbocycles. The molecule has 0 radical (unpaired) electrons. The lowest BCUT2D eigenvalue weighted by atomic mass is 9.97. The van der Waals surface area contributed by atoms with E-state index in [1.165, 1.54) is 6.92 Å². The van der Waals surface area contributed by atoms with Crippen LogP contribution >= 0.6 is 0 Å². The van der Waals surface area contributed by atoms with E-state index >= 15 is 0 Å². The van der Waals surface area contributed by atoms with Gasteiger partial charge in [0.05, 0.1) is 24.8 Å². The number of amides is 2. The molecule has 1 N–H and O–H groups in total. The molecule has 2 bridgehead atoms. The number of nitrogens with zero attached hydrogens (tertiary/aromatic N) is 3. The van der Waals surface area contributed by atoms with E-state index in [1.807, 2.05) is 13.0 Å². The normalized spacial score (nSPS) is 25.5. The van der Waals surface area contributed by atoms with Gasteiger partial charge in [0, 0.05) is 55.3 Å². The van der Waals surface area contributed by atoms with Gasteiger partial charge in [-0.3, -0.25) is 23.9 Å². The number of benzene rings is 1. The second-order valence-corrected chi connectivity index (χ2v) is 12.0. The fourth-order valence-corrected chi connectivity index (χ4v) is 6.19. The minimum Gasteiger partial charge on any atom is -0.493 e. The van der Waals surface area contributed by atoms with Crippen LogP contribution in [0.4, 0.5) is 0 Å². The summed E-state index contributed by atoms with van der Waals surface area (Å²) in [6.45, 7) is 9.01. The van der Waals surface area contributed by atoms with E-state index < -0.39 is 6.04 Å². The molecular formula is C30H40N4O6. The average molecular weight is 553 g/mol. The second-order valence-electron chi connectivity index (χ2n) is 12.0. The molecule has 3 aliphatic rings. The summed E-state index contributed by atoms with van der Waals surface area (Å²) in [6, 6.07) is 3.13. The van der Waals surface area contributed by atoms with Crippen LogP contribution in [0.3, 0.4) is 0 Å². The second kappa shape index (κ2) is 11.3. The van der Waals surface area contributed by atoms with E-state index in [4.69, 9.17) is 9.47 Å². The van der Waals surface area contributed by atoms with Crippen LogP contribution in [0.1, 0.15) is 82.3 Å². The van der Waals surface area contributed by atoms with Crippen LogP contribution < -0.4 is 10.1 Å². The number of carbonyl (C=O) groups excluding carboxylic acids is 4. The summed E-state index contributed by atoms with van der Waals surface area (Å²) in [5.41, 5.74) is 1.38. The molecule has 2 fully saturated rings. The molecule has 5 rings (SSSR count). The Labute approximate surface area is 234 Å². The van der Waals surface area contributed by atoms with Crippen LogP contribution in [0, 0.1) is 11.3 Å². The van der Waals surface area contributed by atoms with Crippen molar-refractivity contribution in [1.29, 1.82) is 0 Å². The molecule has 0 unspecified atom stereocenters. The molecule has 1 aromatic heterocycles. The topological polar surface area (TPSA) is 120 Å². The maximum absolute atomic E-state index is 13.9. The number of hydrogen-bond donors (Lipinski definition) is 1. The third-order valence-electron chi connectivity index (χ3n) is 8.33. The van der Waals surface area contributed by atoms with Crippen LogP contribution in [0.5, 0.6) is 5.75 Å². The highest BCUT2D eigenvalue weighted by molar-refractivity contribution is 6.06. The van der Waals surface area contributed by atoms with Gasteiger partial charge in [-0.05, 0) is 43.7 Å². The van der Waals surface area contributed by atoms with Crippen molar-refractivity contribution >= 4 is 34.3 Å². The molecule has 10 heteroatoms. The first kappa shape index (κ1) is 28.3. The number of ketones is 2. The molecule has 2 aromatic rings. The summed E-state index contributed by atoms with van der Waals surface area (Å²) in [5, 5.41) is 8.17. The summed E-state index contributed by atoms with van der Waals surface area (Å²) in [6.07, 6.45) is 3.62. The molecule has 10 nitrogen and oxygen atoms in total. The lowest BCUT2D eigenvalue weighted by Gasteiger charge is -2.26. The average Bonchev–Trinajstić information content (AvgIpc) is 3.32. The Morgan fingerprint density at radius 3 is 2.75 bits per heavy atom. The molecule has 0 spiro atoms. The first-order chi connectivity index (χ1) is 19.1. The van der Waals surface area contributed by atoms with Gasteiger partial charge in [0.1, 0.15) is 18.0 Å². The smallest absolute Gasteiger partial charge is 0.245 e. The minimum atomic E-state index is -0.470. The fraction of sp³-hybridized carbons (Fsp3) is 0.633. The summed E-state index contributed by atoms with van der Waals surface area (Å²) in [7, 11) is 0. The van der Waals surface area contributed by atoms with Crippen LogP contribution in [-0.2, 0) is 32.2 Å². The first-order valence-electron chi connectivity index (χ1n) is 14.5. The van der Waals surface area contributed by atoms with Crippen LogP contribution in [-0.4, -0.2) is 70.0 Å². The van der Waals surface area contributed by atoms with Gasteiger partial charge in [0.2, 0.25) is 11.8 Å². The van der Waals surface area contributed by atoms with Crippen molar-refractivity contribution in [3.63, 3.8) is 0 Å². The molecular weight excluding hydrogens is 512 g/mol. The third-order valence-corrected chi connectivity index (χ3v) is 8.33. The standard InChI is InChI=1S/C30H40N4O6/c1-5-24(36)23-12-30-13-25(30)34(23)27(38)15-33-29-20(14-31-26(37)8-6-7-9-39-17-30)10-21(40-16-18(2)3)11-22(29)28(32-33)19(4)35/h10-11,18,23,25H,5-9,12-17H2,1-4H3,(H,31,37)/t23-,25+,30-/m0/s1. The Hall–Kier alpha value is -3.27. The zero-order valence-electron chi connectivity index (χ0n) is 24.0. The number of piperidine rings is 1. The molecule has 3 atom stereocenters. The quantitative estimate of drug-likeness (QED) is 0.545. The predicted molar refractivity (Wildman–Crippen MR) is 148 cm³/mol. The van der Waals surface area contributed by atoms with Crippen molar-refractivity contribution in [2.45, 2.75) is 91.4 Å². The van der Waals surface area contributed by atoms with Crippen molar-refractivity contribution < 1.29 is 28.7 Å². The third kappa shape index (κ3) is 5.50. The molecule has 1 saturated carbocycles. The summed E-state index contributed by atoms with van der Waals surface area (Å²) in [4.78, 5) is 53.9. The molecule has 40 heavy (non-hydrogen) atoms. The summed E-state index contributed by atoms with van der Waals surface area (Å²) < 4.78 is 13.6. The van der Waals surface area contributed by atoms with Gasteiger partial charge >= 0.3 is 0 Å². The zero-order chi connectivity index (χ0) is 28.6. The molecule has 1 aliphatic carbocycles. The molecule has 2 amide bonds. The van der Waals surface area contributed by atoms with Crippen molar-refractivity contribution in [2.24, 2.45) is 11.3 Å². The highest BCUT2D eigenvalue weighted by Crippen LogP contribution is 2.60. The van der Waals surface area contributed by atoms with Crippen LogP contribution in [0.2, 0.25) is 0 Å². The maximum atomic E-state index is 13.9. The Morgan fingerprint density at radius 2 is 2.02 bits per heavy atom. The lowest BCUT2D eigenvalue weighted by molar-refractivity contribution is -0.139. The number of carbonyl (C=O) groups is 4. The molecule has 3 heterocycles. The highest BCUT2D eigenvalue weighted by atomic mass is 16.5. The number of nitrogens with one attached hydrogen (secondary N) is 1. The minimum absolute atomic E-state index is 0.0379. The number of Topliss-reactive ketones (excluding diaryl/α,β-unsaturated/α-hetero) is 2. The molecule has 216 valence electrons. The van der Waals surface area contributed by atoms with E-state index in [9.17, 15) is 19.2 Å². The highest BCUT2D eigenvalue weighted by Gasteiger charge is 2.66. The Balaban J connectivity index is 1.57. The Kier molecular flexibility index (Phi) is 7.99. The largest absolute Gasteiger partial charge is 0.493 e. The Morgan fingerprint density at radius 1 is 1.23 bits per heavy atom. The van der Waals surface area contributed by atoms with Crippen LogP contribution in [0.15, 0.2) is 12.1 Å². The predicted octanol–water partition coefficient (Wildman–Crippen LogP) is 3.43. The summed E-state index contributed by atoms with van der Waals surface area (Å²) in [5.74, 6) is 0.430. The Bertz CT molecular complexity index is 1330. The van der Waals surface area contributed by atoms with E-state index in [0.717, 1.165) is 12.8 Å². The van der Waals surface area contributed by atoms with E-state index in [1.54, 1.807) is 15.6 Å². The van der Waals surface area contributed by atoms with Gasteiger partial charge in [-0.15, -0.1) is 0 Å². The SMILES string of the molecule is CCC(=O)[C@@H]1C[C@]23COCCCCC(=O)NCc4cc(OCC(C)C)cc5c(C(C)=O)nn(c45)CC(=O)N1[C@@H]2C3. The van der Waals surface area contributed by atoms with Gasteiger partial charge < -0.3 is 19.7 Å². The number of hydrogen-bond acceptors (Lipinski definition) is 7. The van der Waals surface area contributed by atoms with E-state index in [2.05, 4.69) is 24.3 Å². The monoisotopic (exact) mass is 552 g/mol. The van der Waals surface area contributed by atoms with E-state index in [0.29, 0.717) is 73.6 Å². The number of rotatable bonds is 6. The van der Waals surface area contributed by atoms with Gasteiger partial charge in [-0.1, -0.05) is 20.8 Å². The zero-order valence-corrected chi connectivity index (χ0v) is 24.0. The van der Waals surface area contributed by atoms with Crippen molar-refractivity contribution in [3.8, 4) is 5.75 Å². The van der Waals surface area contributed by atoms with Gasteiger partial charge in [-0.25, -0.2) is 0 Å². The number of ether oxygens (including phenoxy) is 2. The van der Waals surface area contributed by atoms with E-state index in [-0.39, 0.29) is 53.6 Å². The van der Waals surface area contributed by atoms with Crippen LogP contribution in [0.25, 0.3) is 10.9 Å². The number of aromatic nitrogens is 2. The van der Waals surface area contributed by atoms with Gasteiger partial charge in [0.25, 0.3) is 0 Å². The maximum Gasteiger partial charge on any atom is 0.245 e. The van der Waals surface area contributed by atoms with Crippen molar-refractivity contribution in [2.75, 3.05) is 19.8 Å². The fourth-order valence-electron chi connectivity index (χ4n) is 6.19. The molecule has 2 aliphatic heterocycles. The van der Waals surface area contributed by atoms with Gasteiger partial charge in [0.15, 0.2) is 11.6 Å². The molecule has 1 saturated heterocycles. The van der Waals surface area contributed by atoms with Crippen molar-refractivity contribution in [3.05, 3.63) is 23.4 Å².